The lowest BCUT2D eigenvalue weighted by molar-refractivity contribution is -0.144. The van der Waals surface area contributed by atoms with E-state index in [9.17, 15) is 24.3 Å². The van der Waals surface area contributed by atoms with Gasteiger partial charge in [0.2, 0.25) is 5.91 Å². The van der Waals surface area contributed by atoms with Crippen molar-refractivity contribution < 1.29 is 38.6 Å². The maximum absolute atomic E-state index is 13.3. The minimum absolute atomic E-state index is 0.0731. The van der Waals surface area contributed by atoms with Crippen LogP contribution < -0.4 is 21.7 Å². The number of fused-ring (bicyclic) bond motifs is 1. The van der Waals surface area contributed by atoms with Gasteiger partial charge in [0.05, 0.1) is 25.8 Å². The molecule has 3 atom stereocenters. The van der Waals surface area contributed by atoms with Crippen LogP contribution in [0.25, 0.3) is 10.9 Å². The molecule has 0 saturated heterocycles. The second-order valence-electron chi connectivity index (χ2n) is 10.2. The van der Waals surface area contributed by atoms with Crippen molar-refractivity contribution in [3.05, 3.63) is 65.4 Å². The molecule has 1 aliphatic rings. The van der Waals surface area contributed by atoms with E-state index < -0.39 is 42.2 Å². The Kier molecular flexibility index (Phi) is 10.6. The fourth-order valence-electron chi connectivity index (χ4n) is 4.58. The zero-order chi connectivity index (χ0) is 32.5. The van der Waals surface area contributed by atoms with Crippen LogP contribution >= 0.6 is 0 Å². The molecule has 4 rings (SSSR count). The fraction of sp³-hybridized carbons (Fsp3) is 0.333. The number of nitrogens with two attached hydrogens (primary N) is 1. The van der Waals surface area contributed by atoms with Crippen LogP contribution in [-0.4, -0.2) is 77.5 Å². The molecule has 3 amide bonds. The lowest BCUT2D eigenvalue weighted by Gasteiger charge is -2.27. The Hall–Kier alpha value is -5.60. The normalized spacial score (nSPS) is 15.2. The molecular weight excluding hydrogens is 586 g/mol. The third-order valence-electron chi connectivity index (χ3n) is 6.98. The molecule has 15 heteroatoms. The summed E-state index contributed by atoms with van der Waals surface area (Å²) in [7, 11) is 1.08. The highest BCUT2D eigenvalue weighted by molar-refractivity contribution is 6.04. The first-order valence-corrected chi connectivity index (χ1v) is 14.2. The number of aromatic amines is 1. The Bertz CT molecular complexity index is 1600. The van der Waals surface area contributed by atoms with Crippen molar-refractivity contribution in [2.24, 2.45) is 10.9 Å². The topological polar surface area (TPSA) is 230 Å². The summed E-state index contributed by atoms with van der Waals surface area (Å²) in [4.78, 5) is 60.2. The van der Waals surface area contributed by atoms with Gasteiger partial charge in [-0.1, -0.05) is 54.9 Å². The number of alkyl carbamates (subject to hydrolysis) is 1. The summed E-state index contributed by atoms with van der Waals surface area (Å²) in [5.74, 6) is -2.91. The third-order valence-corrected chi connectivity index (χ3v) is 6.98. The third kappa shape index (κ3) is 8.07. The van der Waals surface area contributed by atoms with Gasteiger partial charge < -0.3 is 46.1 Å². The Labute approximate surface area is 258 Å². The largest absolute Gasteiger partial charge is 0.505 e. The maximum atomic E-state index is 13.3. The van der Waals surface area contributed by atoms with Gasteiger partial charge in [0.25, 0.3) is 5.91 Å². The van der Waals surface area contributed by atoms with Gasteiger partial charge >= 0.3 is 12.1 Å². The van der Waals surface area contributed by atoms with E-state index in [2.05, 4.69) is 26.1 Å². The summed E-state index contributed by atoms with van der Waals surface area (Å²) < 4.78 is 9.96. The molecule has 0 bridgehead atoms. The van der Waals surface area contributed by atoms with Crippen molar-refractivity contribution >= 4 is 46.3 Å². The summed E-state index contributed by atoms with van der Waals surface area (Å²) >= 11 is 0. The van der Waals surface area contributed by atoms with Crippen molar-refractivity contribution in [3.8, 4) is 5.75 Å². The van der Waals surface area contributed by atoms with Crippen molar-refractivity contribution in [2.45, 2.75) is 50.9 Å². The molecule has 0 aliphatic carbocycles. The van der Waals surface area contributed by atoms with Crippen LogP contribution in [0.15, 0.2) is 53.7 Å². The second-order valence-corrected chi connectivity index (χ2v) is 10.2. The van der Waals surface area contributed by atoms with E-state index >= 15 is 0 Å². The number of ether oxygens (including phenoxy) is 2. The highest BCUT2D eigenvalue weighted by Gasteiger charge is 2.36. The molecule has 2 aromatic carbocycles. The van der Waals surface area contributed by atoms with Gasteiger partial charge in [0, 0.05) is 22.9 Å². The van der Waals surface area contributed by atoms with Crippen LogP contribution in [0.4, 0.5) is 4.79 Å². The number of aromatic nitrogens is 1. The zero-order valence-electron chi connectivity index (χ0n) is 24.7. The number of rotatable bonds is 13. The Morgan fingerprint density at radius 2 is 1.87 bits per heavy atom. The Balaban J connectivity index is 1.50. The summed E-state index contributed by atoms with van der Waals surface area (Å²) in [6.07, 6.45) is -1.79. The predicted molar refractivity (Wildman–Crippen MR) is 163 cm³/mol. The van der Waals surface area contributed by atoms with Gasteiger partial charge in [-0.3, -0.25) is 15.0 Å². The zero-order valence-corrected chi connectivity index (χ0v) is 24.7. The maximum Gasteiger partial charge on any atom is 0.407 e. The van der Waals surface area contributed by atoms with Gasteiger partial charge in [0.1, 0.15) is 23.8 Å². The number of nitrogen functional groups attached to an aromatic ring is 1. The summed E-state index contributed by atoms with van der Waals surface area (Å²) in [5.41, 5.74) is 7.61. The molecule has 2 heterocycles. The quantitative estimate of drug-likeness (QED) is 0.0486. The van der Waals surface area contributed by atoms with Crippen molar-refractivity contribution in [1.29, 1.82) is 5.41 Å². The first-order valence-electron chi connectivity index (χ1n) is 14.2. The molecule has 3 aromatic rings. The van der Waals surface area contributed by atoms with E-state index in [1.165, 1.54) is 0 Å². The lowest BCUT2D eigenvalue weighted by atomic mass is 10.0. The number of methoxy groups -OCH3 is 1. The minimum atomic E-state index is -1.61. The van der Waals surface area contributed by atoms with E-state index in [0.29, 0.717) is 28.6 Å². The molecular formula is C30H35N7O8. The number of oxime groups is 1. The molecule has 2 unspecified atom stereocenters. The number of amidine groups is 1. The lowest BCUT2D eigenvalue weighted by Crippen LogP contribution is -2.63. The van der Waals surface area contributed by atoms with Crippen LogP contribution in [0, 0.1) is 5.41 Å². The van der Waals surface area contributed by atoms with Gasteiger partial charge in [-0.15, -0.1) is 0 Å². The molecule has 15 nitrogen and oxygen atoms in total. The molecule has 0 saturated carbocycles. The molecule has 8 N–H and O–H groups in total. The minimum Gasteiger partial charge on any atom is -0.505 e. The molecule has 0 spiro atoms. The molecule has 238 valence electrons. The number of aromatic hydroxyl groups is 1. The van der Waals surface area contributed by atoms with Crippen molar-refractivity contribution in [2.75, 3.05) is 13.7 Å². The van der Waals surface area contributed by atoms with E-state index in [4.69, 9.17) is 25.5 Å². The van der Waals surface area contributed by atoms with E-state index in [1.807, 2.05) is 6.92 Å². The standard InChI is InChI=1S/C30H35N7O8/c1-3-4-13-44-30(42)35-24(29(41)43-2)27(36-28(40)23-25(39)19-7-5-6-8-20(19)33-23)34-22(38)15-18-14-21(37-45-18)16-9-11-17(12-10-16)26(31)32/h5-12,18,24,27,33,39H,3-4,13-15H2,1-2H3,(H3,31,32)(H,34,38)(H,35,42)(H,36,40)/t18?,24?,27-/m1/s1. The van der Waals surface area contributed by atoms with E-state index in [1.54, 1.807) is 48.5 Å². The molecule has 0 radical (unpaired) electrons. The number of hydrogen-bond donors (Lipinski definition) is 7. The average Bonchev–Trinajstić information content (AvgIpc) is 3.63. The van der Waals surface area contributed by atoms with Gasteiger partial charge in [-0.2, -0.15) is 0 Å². The van der Waals surface area contributed by atoms with E-state index in [0.717, 1.165) is 19.1 Å². The van der Waals surface area contributed by atoms with Crippen LogP contribution in [0.5, 0.6) is 5.75 Å². The van der Waals surface area contributed by atoms with Crippen LogP contribution in [0.1, 0.15) is 54.2 Å². The summed E-state index contributed by atoms with van der Waals surface area (Å²) in [5, 5.41) is 30.0. The number of nitrogens with zero attached hydrogens (tertiary/aromatic N) is 1. The summed E-state index contributed by atoms with van der Waals surface area (Å²) in [6, 6.07) is 11.9. The number of para-hydroxylation sites is 1. The average molecular weight is 622 g/mol. The number of amides is 3. The van der Waals surface area contributed by atoms with Crippen LogP contribution in [0.3, 0.4) is 0 Å². The summed E-state index contributed by atoms with van der Waals surface area (Å²) in [6.45, 7) is 1.99. The van der Waals surface area contributed by atoms with Gasteiger partial charge in [0.15, 0.2) is 11.8 Å². The predicted octanol–water partition coefficient (Wildman–Crippen LogP) is 1.98. The Morgan fingerprint density at radius 1 is 1.13 bits per heavy atom. The van der Waals surface area contributed by atoms with Crippen LogP contribution in [-0.2, 0) is 23.9 Å². The fourth-order valence-corrected chi connectivity index (χ4v) is 4.58. The van der Waals surface area contributed by atoms with Gasteiger partial charge in [-0.05, 0) is 24.1 Å². The highest BCUT2D eigenvalue weighted by atomic mass is 16.6. The van der Waals surface area contributed by atoms with Crippen LogP contribution in [0.2, 0.25) is 0 Å². The molecule has 1 aliphatic heterocycles. The number of carbonyl (C=O) groups is 4. The number of benzene rings is 2. The number of carbonyl (C=O) groups excluding carboxylic acids is 4. The monoisotopic (exact) mass is 621 g/mol. The highest BCUT2D eigenvalue weighted by Crippen LogP contribution is 2.28. The first-order chi connectivity index (χ1) is 21.6. The molecule has 1 aromatic heterocycles. The van der Waals surface area contributed by atoms with Crippen molar-refractivity contribution in [1.82, 2.24) is 20.9 Å². The molecule has 45 heavy (non-hydrogen) atoms. The number of nitrogens with one attached hydrogen (secondary N) is 5. The number of esters is 1. The molecule has 0 fully saturated rings. The Morgan fingerprint density at radius 3 is 2.53 bits per heavy atom. The van der Waals surface area contributed by atoms with E-state index in [-0.39, 0.29) is 36.7 Å². The number of H-pyrrole nitrogens is 1. The smallest absolute Gasteiger partial charge is 0.407 e. The number of unbranched alkanes of at least 4 members (excludes halogenated alkanes) is 1. The number of hydrogen-bond acceptors (Lipinski definition) is 10. The SMILES string of the molecule is CCCCOC(=O)NC(C(=O)OC)[C@H](NC(=O)CC1CC(c2ccc(C(=N)N)cc2)=NO1)NC(=O)c1[nH]c2ccccc2c1O. The first kappa shape index (κ1) is 32.3. The van der Waals surface area contributed by atoms with Crippen molar-refractivity contribution in [3.63, 3.8) is 0 Å². The van der Waals surface area contributed by atoms with Gasteiger partial charge in [-0.25, -0.2) is 9.59 Å². The second kappa shape index (κ2) is 14.7.